The summed E-state index contributed by atoms with van der Waals surface area (Å²) in [5, 5.41) is 5.96. The summed E-state index contributed by atoms with van der Waals surface area (Å²) in [5.74, 6) is 0.654. The lowest BCUT2D eigenvalue weighted by molar-refractivity contribution is -0.121. The number of hydrogen-bond acceptors (Lipinski definition) is 4. The number of carbonyl (C=O) groups is 1. The maximum Gasteiger partial charge on any atom is 0.234 e. The summed E-state index contributed by atoms with van der Waals surface area (Å²) in [6.45, 7) is 6.83. The Balaban J connectivity index is 2.21. The van der Waals surface area contributed by atoms with Crippen molar-refractivity contribution in [3.8, 4) is 0 Å². The molecule has 0 radical (unpaired) electrons. The van der Waals surface area contributed by atoms with Gasteiger partial charge in [0, 0.05) is 5.54 Å². The van der Waals surface area contributed by atoms with Gasteiger partial charge in [0.15, 0.2) is 9.84 Å². The van der Waals surface area contributed by atoms with Crippen molar-refractivity contribution in [2.75, 3.05) is 24.6 Å². The molecule has 1 atom stereocenters. The minimum atomic E-state index is -2.82. The minimum Gasteiger partial charge on any atom is -0.350 e. The van der Waals surface area contributed by atoms with E-state index in [0.29, 0.717) is 13.0 Å². The van der Waals surface area contributed by atoms with Gasteiger partial charge in [-0.3, -0.25) is 4.79 Å². The van der Waals surface area contributed by atoms with E-state index in [1.54, 1.807) is 0 Å². The van der Waals surface area contributed by atoms with E-state index in [2.05, 4.69) is 10.6 Å². The normalized spacial score (nSPS) is 22.9. The average Bonchev–Trinajstić information content (AvgIpc) is 2.57. The minimum absolute atomic E-state index is 0.0392. The molecule has 106 valence electrons. The summed E-state index contributed by atoms with van der Waals surface area (Å²) in [4.78, 5) is 11.6. The molecule has 1 aliphatic heterocycles. The summed E-state index contributed by atoms with van der Waals surface area (Å²) in [6.07, 6.45) is 1.58. The molecule has 6 heteroatoms. The molecule has 1 heterocycles. The van der Waals surface area contributed by atoms with Gasteiger partial charge in [-0.1, -0.05) is 6.92 Å². The Morgan fingerprint density at radius 1 is 1.39 bits per heavy atom. The fourth-order valence-corrected chi connectivity index (χ4v) is 3.79. The lowest BCUT2D eigenvalue weighted by Gasteiger charge is -2.24. The first-order valence-electron chi connectivity index (χ1n) is 6.46. The molecule has 2 N–H and O–H groups in total. The van der Waals surface area contributed by atoms with E-state index in [-0.39, 0.29) is 35.4 Å². The molecule has 0 spiro atoms. The van der Waals surface area contributed by atoms with Crippen molar-refractivity contribution in [2.24, 2.45) is 5.92 Å². The molecule has 1 fully saturated rings. The topological polar surface area (TPSA) is 75.3 Å². The second-order valence-electron chi connectivity index (χ2n) is 5.69. The van der Waals surface area contributed by atoms with Crippen molar-refractivity contribution in [3.05, 3.63) is 0 Å². The Morgan fingerprint density at radius 3 is 2.56 bits per heavy atom. The molecule has 0 aromatic rings. The molecule has 0 aromatic carbocycles. The van der Waals surface area contributed by atoms with E-state index >= 15 is 0 Å². The first kappa shape index (κ1) is 15.4. The highest BCUT2D eigenvalue weighted by Crippen LogP contribution is 2.17. The van der Waals surface area contributed by atoms with Crippen LogP contribution in [0.3, 0.4) is 0 Å². The summed E-state index contributed by atoms with van der Waals surface area (Å²) in [6, 6.07) is 0. The second-order valence-corrected chi connectivity index (χ2v) is 7.91. The van der Waals surface area contributed by atoms with Crippen LogP contribution in [-0.4, -0.2) is 44.5 Å². The number of nitrogens with one attached hydrogen (secondary N) is 2. The van der Waals surface area contributed by atoms with E-state index < -0.39 is 9.84 Å². The summed E-state index contributed by atoms with van der Waals surface area (Å²) >= 11 is 0. The van der Waals surface area contributed by atoms with Gasteiger partial charge in [0.25, 0.3) is 0 Å². The Morgan fingerprint density at radius 2 is 2.06 bits per heavy atom. The number of amides is 1. The fourth-order valence-electron chi connectivity index (χ4n) is 1.93. The zero-order chi connectivity index (χ0) is 13.8. The molecule has 5 nitrogen and oxygen atoms in total. The zero-order valence-corrected chi connectivity index (χ0v) is 12.3. The van der Waals surface area contributed by atoms with Gasteiger partial charge in [-0.2, -0.15) is 0 Å². The standard InChI is InChI=1S/C12H24N2O3S/c1-4-12(2,3)14-11(15)8-13-7-10-5-6-18(16,17)9-10/h10,13H,4-9H2,1-3H3,(H,14,15). The number of rotatable bonds is 6. The average molecular weight is 276 g/mol. The molecule has 1 rings (SSSR count). The van der Waals surface area contributed by atoms with Crippen molar-refractivity contribution >= 4 is 15.7 Å². The van der Waals surface area contributed by atoms with Crippen LogP contribution >= 0.6 is 0 Å². The quantitative estimate of drug-likeness (QED) is 0.732. The number of hydrogen-bond donors (Lipinski definition) is 2. The second kappa shape index (κ2) is 6.02. The maximum atomic E-state index is 11.6. The van der Waals surface area contributed by atoms with E-state index in [4.69, 9.17) is 0 Å². The fraction of sp³-hybridized carbons (Fsp3) is 0.917. The van der Waals surface area contributed by atoms with Crippen LogP contribution in [-0.2, 0) is 14.6 Å². The molecular weight excluding hydrogens is 252 g/mol. The smallest absolute Gasteiger partial charge is 0.234 e. The van der Waals surface area contributed by atoms with Gasteiger partial charge in [-0.25, -0.2) is 8.42 Å². The van der Waals surface area contributed by atoms with Gasteiger partial charge in [0.2, 0.25) is 5.91 Å². The van der Waals surface area contributed by atoms with Crippen molar-refractivity contribution in [1.82, 2.24) is 10.6 Å². The van der Waals surface area contributed by atoms with Crippen LogP contribution in [0.4, 0.5) is 0 Å². The largest absolute Gasteiger partial charge is 0.350 e. The Bertz CT molecular complexity index is 390. The molecule has 0 bridgehead atoms. The molecule has 1 saturated heterocycles. The first-order chi connectivity index (χ1) is 8.24. The Hall–Kier alpha value is -0.620. The van der Waals surface area contributed by atoms with E-state index in [0.717, 1.165) is 6.42 Å². The monoisotopic (exact) mass is 276 g/mol. The molecule has 1 unspecified atom stereocenters. The van der Waals surface area contributed by atoms with Crippen LogP contribution in [0.25, 0.3) is 0 Å². The highest BCUT2D eigenvalue weighted by Gasteiger charge is 2.27. The van der Waals surface area contributed by atoms with Gasteiger partial charge in [0.05, 0.1) is 18.1 Å². The Labute approximate surface area is 110 Å². The first-order valence-corrected chi connectivity index (χ1v) is 8.28. The van der Waals surface area contributed by atoms with Gasteiger partial charge in [0.1, 0.15) is 0 Å². The summed E-state index contributed by atoms with van der Waals surface area (Å²) < 4.78 is 22.5. The lowest BCUT2D eigenvalue weighted by atomic mass is 10.0. The zero-order valence-electron chi connectivity index (χ0n) is 11.5. The molecule has 0 saturated carbocycles. The van der Waals surface area contributed by atoms with Gasteiger partial charge in [-0.15, -0.1) is 0 Å². The highest BCUT2D eigenvalue weighted by molar-refractivity contribution is 7.91. The molecule has 1 aliphatic rings. The van der Waals surface area contributed by atoms with Crippen LogP contribution in [0.5, 0.6) is 0 Å². The third-order valence-electron chi connectivity index (χ3n) is 3.41. The van der Waals surface area contributed by atoms with Gasteiger partial charge < -0.3 is 10.6 Å². The van der Waals surface area contributed by atoms with Crippen molar-refractivity contribution in [1.29, 1.82) is 0 Å². The predicted molar refractivity (Wildman–Crippen MR) is 72.1 cm³/mol. The highest BCUT2D eigenvalue weighted by atomic mass is 32.2. The molecule has 1 amide bonds. The van der Waals surface area contributed by atoms with Crippen molar-refractivity contribution < 1.29 is 13.2 Å². The SMILES string of the molecule is CCC(C)(C)NC(=O)CNCC1CCS(=O)(=O)C1. The van der Waals surface area contributed by atoms with Crippen molar-refractivity contribution in [2.45, 2.75) is 39.2 Å². The van der Waals surface area contributed by atoms with E-state index in [9.17, 15) is 13.2 Å². The number of sulfone groups is 1. The van der Waals surface area contributed by atoms with Gasteiger partial charge >= 0.3 is 0 Å². The Kier molecular flexibility index (Phi) is 5.16. The summed E-state index contributed by atoms with van der Waals surface area (Å²) in [5.41, 5.74) is -0.185. The van der Waals surface area contributed by atoms with Crippen LogP contribution < -0.4 is 10.6 Å². The molecule has 18 heavy (non-hydrogen) atoms. The van der Waals surface area contributed by atoms with Crippen LogP contribution in [0.2, 0.25) is 0 Å². The van der Waals surface area contributed by atoms with Crippen LogP contribution in [0.1, 0.15) is 33.6 Å². The predicted octanol–water partition coefficient (Wildman–Crippen LogP) is 0.316. The van der Waals surface area contributed by atoms with Crippen LogP contribution in [0, 0.1) is 5.92 Å². The third kappa shape index (κ3) is 5.35. The van der Waals surface area contributed by atoms with Crippen molar-refractivity contribution in [3.63, 3.8) is 0 Å². The lowest BCUT2D eigenvalue weighted by Crippen LogP contribution is -2.47. The van der Waals surface area contributed by atoms with E-state index in [1.807, 2.05) is 20.8 Å². The van der Waals surface area contributed by atoms with E-state index in [1.165, 1.54) is 0 Å². The maximum absolute atomic E-state index is 11.6. The number of carbonyl (C=O) groups excluding carboxylic acids is 1. The molecule has 0 aliphatic carbocycles. The molecular formula is C12H24N2O3S. The van der Waals surface area contributed by atoms with Gasteiger partial charge in [-0.05, 0) is 39.2 Å². The van der Waals surface area contributed by atoms with Crippen LogP contribution in [0.15, 0.2) is 0 Å². The third-order valence-corrected chi connectivity index (χ3v) is 5.24. The molecule has 0 aromatic heterocycles. The summed E-state index contributed by atoms with van der Waals surface area (Å²) in [7, 11) is -2.82.